The number of carbonyl (C=O) groups excluding carboxylic acids is 1. The fourth-order valence-corrected chi connectivity index (χ4v) is 1.83. The van der Waals surface area contributed by atoms with E-state index in [4.69, 9.17) is 16.3 Å². The van der Waals surface area contributed by atoms with Crippen LogP contribution < -0.4 is 10.1 Å². The molecule has 0 saturated heterocycles. The summed E-state index contributed by atoms with van der Waals surface area (Å²) in [5.74, 6) is 0.319. The lowest BCUT2D eigenvalue weighted by molar-refractivity contribution is -0.123. The Balaban J connectivity index is 2.39. The summed E-state index contributed by atoms with van der Waals surface area (Å²) in [5.41, 5.74) is 0. The molecule has 1 aromatic carbocycles. The van der Waals surface area contributed by atoms with E-state index in [9.17, 15) is 4.79 Å². The number of carbonyl (C=O) groups is 1. The number of halogens is 2. The highest BCUT2D eigenvalue weighted by Gasteiger charge is 2.05. The first-order chi connectivity index (χ1) is 8.13. The van der Waals surface area contributed by atoms with Gasteiger partial charge >= 0.3 is 0 Å². The molecule has 1 aromatic rings. The normalized spacial score (nSPS) is 9.76. The molecule has 5 heteroatoms. The highest BCUT2D eigenvalue weighted by molar-refractivity contribution is 9.10. The summed E-state index contributed by atoms with van der Waals surface area (Å²) in [6, 6.07) is 5.23. The molecule has 1 amide bonds. The first-order valence-electron chi connectivity index (χ1n) is 5.09. The number of ether oxygens (including phenoxy) is 1. The molecule has 0 spiro atoms. The Hall–Kier alpha value is -1.000. The zero-order valence-corrected chi connectivity index (χ0v) is 11.6. The van der Waals surface area contributed by atoms with Crippen molar-refractivity contribution in [2.75, 3.05) is 13.2 Å². The number of nitrogens with one attached hydrogen (secondary N) is 1. The maximum atomic E-state index is 11.3. The second kappa shape index (κ2) is 7.35. The monoisotopic (exact) mass is 317 g/mol. The zero-order chi connectivity index (χ0) is 12.7. The van der Waals surface area contributed by atoms with Crippen LogP contribution in [0.15, 0.2) is 35.3 Å². The lowest BCUT2D eigenvalue weighted by Crippen LogP contribution is -2.29. The predicted octanol–water partition coefficient (Wildman–Crippen LogP) is 3.17. The lowest BCUT2D eigenvalue weighted by atomic mass is 10.3. The Morgan fingerprint density at radius 3 is 3.00 bits per heavy atom. The van der Waals surface area contributed by atoms with Crippen molar-refractivity contribution in [3.05, 3.63) is 40.3 Å². The first kappa shape index (κ1) is 14.1. The van der Waals surface area contributed by atoms with Gasteiger partial charge in [0, 0.05) is 11.0 Å². The van der Waals surface area contributed by atoms with E-state index in [0.717, 1.165) is 10.9 Å². The molecule has 0 radical (unpaired) electrons. The van der Waals surface area contributed by atoms with Crippen molar-refractivity contribution in [2.45, 2.75) is 6.42 Å². The standard InChI is InChI=1S/C12H13BrClNO2/c1-2-3-6-15-12(16)8-17-11-5-4-9(13)7-10(11)14/h2,4-5,7H,1,3,6,8H2,(H,15,16). The molecule has 1 N–H and O–H groups in total. The van der Waals surface area contributed by atoms with Crippen LogP contribution in [0.4, 0.5) is 0 Å². The molecule has 0 bridgehead atoms. The van der Waals surface area contributed by atoms with E-state index < -0.39 is 0 Å². The van der Waals surface area contributed by atoms with Gasteiger partial charge < -0.3 is 10.1 Å². The Kier molecular flexibility index (Phi) is 6.08. The van der Waals surface area contributed by atoms with E-state index in [1.54, 1.807) is 24.3 Å². The van der Waals surface area contributed by atoms with Crippen LogP contribution in [0.1, 0.15) is 6.42 Å². The SMILES string of the molecule is C=CCCNC(=O)COc1ccc(Br)cc1Cl. The van der Waals surface area contributed by atoms with Gasteiger partial charge in [0.05, 0.1) is 5.02 Å². The van der Waals surface area contributed by atoms with Gasteiger partial charge in [-0.3, -0.25) is 4.79 Å². The Labute approximate surface area is 114 Å². The summed E-state index contributed by atoms with van der Waals surface area (Å²) in [7, 11) is 0. The number of amides is 1. The van der Waals surface area contributed by atoms with Crippen LogP contribution in [-0.2, 0) is 4.79 Å². The van der Waals surface area contributed by atoms with Crippen LogP contribution in [0.25, 0.3) is 0 Å². The molecule has 0 aliphatic heterocycles. The van der Waals surface area contributed by atoms with Crippen LogP contribution in [-0.4, -0.2) is 19.1 Å². The van der Waals surface area contributed by atoms with Crippen molar-refractivity contribution in [3.8, 4) is 5.75 Å². The highest BCUT2D eigenvalue weighted by atomic mass is 79.9. The largest absolute Gasteiger partial charge is 0.482 e. The van der Waals surface area contributed by atoms with Crippen molar-refractivity contribution in [2.24, 2.45) is 0 Å². The van der Waals surface area contributed by atoms with E-state index in [-0.39, 0.29) is 12.5 Å². The molecule has 3 nitrogen and oxygen atoms in total. The quantitative estimate of drug-likeness (QED) is 0.646. The van der Waals surface area contributed by atoms with Crippen molar-refractivity contribution in [1.82, 2.24) is 5.32 Å². The average Bonchev–Trinajstić information content (AvgIpc) is 2.28. The van der Waals surface area contributed by atoms with E-state index in [1.807, 2.05) is 0 Å². The molecule has 0 unspecified atom stereocenters. The number of hydrogen-bond acceptors (Lipinski definition) is 2. The molecule has 92 valence electrons. The Morgan fingerprint density at radius 1 is 1.59 bits per heavy atom. The molecule has 0 aliphatic carbocycles. The van der Waals surface area contributed by atoms with Gasteiger partial charge in [0.25, 0.3) is 5.91 Å². The highest BCUT2D eigenvalue weighted by Crippen LogP contribution is 2.27. The molecule has 0 aliphatic rings. The maximum absolute atomic E-state index is 11.3. The minimum Gasteiger partial charge on any atom is -0.482 e. The summed E-state index contributed by atoms with van der Waals surface area (Å²) in [6.07, 6.45) is 2.48. The van der Waals surface area contributed by atoms with Crippen LogP contribution in [0.3, 0.4) is 0 Å². The third kappa shape index (κ3) is 5.24. The third-order valence-corrected chi connectivity index (χ3v) is 2.71. The summed E-state index contributed by atoms with van der Waals surface area (Å²) in [4.78, 5) is 11.3. The van der Waals surface area contributed by atoms with Crippen molar-refractivity contribution >= 4 is 33.4 Å². The Bertz CT molecular complexity index is 409. The van der Waals surface area contributed by atoms with Gasteiger partial charge in [-0.25, -0.2) is 0 Å². The maximum Gasteiger partial charge on any atom is 0.257 e. The van der Waals surface area contributed by atoms with E-state index in [1.165, 1.54) is 0 Å². The van der Waals surface area contributed by atoms with Gasteiger partial charge in [-0.1, -0.05) is 33.6 Å². The van der Waals surface area contributed by atoms with E-state index in [2.05, 4.69) is 27.8 Å². The first-order valence-corrected chi connectivity index (χ1v) is 6.26. The number of hydrogen-bond donors (Lipinski definition) is 1. The van der Waals surface area contributed by atoms with Crippen molar-refractivity contribution < 1.29 is 9.53 Å². The molecule has 17 heavy (non-hydrogen) atoms. The zero-order valence-electron chi connectivity index (χ0n) is 9.21. The number of benzene rings is 1. The fourth-order valence-electron chi connectivity index (χ4n) is 1.10. The summed E-state index contributed by atoms with van der Waals surface area (Å²) >= 11 is 9.23. The van der Waals surface area contributed by atoms with E-state index in [0.29, 0.717) is 17.3 Å². The van der Waals surface area contributed by atoms with Gasteiger partial charge in [0.1, 0.15) is 5.75 Å². The van der Waals surface area contributed by atoms with Gasteiger partial charge in [0.2, 0.25) is 0 Å². The van der Waals surface area contributed by atoms with Gasteiger partial charge in [-0.15, -0.1) is 6.58 Å². The van der Waals surface area contributed by atoms with Crippen LogP contribution >= 0.6 is 27.5 Å². The topological polar surface area (TPSA) is 38.3 Å². The van der Waals surface area contributed by atoms with Crippen LogP contribution in [0.2, 0.25) is 5.02 Å². The second-order valence-electron chi connectivity index (χ2n) is 3.29. The van der Waals surface area contributed by atoms with Crippen molar-refractivity contribution in [3.63, 3.8) is 0 Å². The third-order valence-electron chi connectivity index (χ3n) is 1.92. The van der Waals surface area contributed by atoms with Gasteiger partial charge in [-0.05, 0) is 24.6 Å². The molecular weight excluding hydrogens is 305 g/mol. The molecule has 0 aromatic heterocycles. The number of rotatable bonds is 6. The van der Waals surface area contributed by atoms with E-state index >= 15 is 0 Å². The van der Waals surface area contributed by atoms with Gasteiger partial charge in [-0.2, -0.15) is 0 Å². The minimum absolute atomic E-state index is 0.0432. The molecule has 1 rings (SSSR count). The molecule has 0 fully saturated rings. The van der Waals surface area contributed by atoms with Gasteiger partial charge in [0.15, 0.2) is 6.61 Å². The summed E-state index contributed by atoms with van der Waals surface area (Å²) < 4.78 is 6.16. The summed E-state index contributed by atoms with van der Waals surface area (Å²) in [6.45, 7) is 4.09. The lowest BCUT2D eigenvalue weighted by Gasteiger charge is -2.08. The van der Waals surface area contributed by atoms with Crippen LogP contribution in [0, 0.1) is 0 Å². The smallest absolute Gasteiger partial charge is 0.257 e. The molecule has 0 heterocycles. The molecule has 0 atom stereocenters. The fraction of sp³-hybridized carbons (Fsp3) is 0.250. The van der Waals surface area contributed by atoms with Crippen LogP contribution in [0.5, 0.6) is 5.75 Å². The Morgan fingerprint density at radius 2 is 2.35 bits per heavy atom. The minimum atomic E-state index is -0.175. The predicted molar refractivity (Wildman–Crippen MR) is 72.5 cm³/mol. The second-order valence-corrected chi connectivity index (χ2v) is 4.61. The molecular formula is C12H13BrClNO2. The average molecular weight is 319 g/mol. The van der Waals surface area contributed by atoms with Crippen molar-refractivity contribution in [1.29, 1.82) is 0 Å². The summed E-state index contributed by atoms with van der Waals surface area (Å²) in [5, 5.41) is 3.17. The molecule has 0 saturated carbocycles.